The highest BCUT2D eigenvalue weighted by Gasteiger charge is 2.35. The third-order valence-electron chi connectivity index (χ3n) is 7.05. The molecule has 0 radical (unpaired) electrons. The fourth-order valence-electron chi connectivity index (χ4n) is 5.28. The second-order valence-corrected chi connectivity index (χ2v) is 9.83. The Morgan fingerprint density at radius 1 is 0.741 bits per heavy atom. The van der Waals surface area contributed by atoms with E-state index in [0.717, 1.165) is 12.0 Å². The van der Waals surface area contributed by atoms with Gasteiger partial charge in [-0.15, -0.1) is 0 Å². The first kappa shape index (κ1) is 25.0. The molecule has 0 aromatic carbocycles. The van der Waals surface area contributed by atoms with Gasteiger partial charge in [-0.2, -0.15) is 0 Å². The lowest BCUT2D eigenvalue weighted by molar-refractivity contribution is -0.919. The van der Waals surface area contributed by atoms with Crippen LogP contribution in [0, 0.1) is 5.92 Å². The zero-order chi connectivity index (χ0) is 19.8. The Balaban J connectivity index is 1.93. The molecule has 2 heteroatoms. The molecule has 2 unspecified atom stereocenters. The van der Waals surface area contributed by atoms with Gasteiger partial charge in [0, 0.05) is 12.5 Å². The average molecular weight is 382 g/mol. The standard InChI is InChI=1S/C25H53N2/c1-5-7-8-9-10-11-12-13-14-15-16-17-18-19-22-27(3,4)25(6-2)24-20-21-26-23-24/h24-26H,5-23H2,1-4H3/q+1. The van der Waals surface area contributed by atoms with Gasteiger partial charge < -0.3 is 9.80 Å². The Morgan fingerprint density at radius 3 is 1.63 bits per heavy atom. The molecule has 0 spiro atoms. The minimum Gasteiger partial charge on any atom is -0.326 e. The van der Waals surface area contributed by atoms with Crippen LogP contribution in [0.3, 0.4) is 0 Å². The van der Waals surface area contributed by atoms with Crippen LogP contribution in [0.1, 0.15) is 117 Å². The van der Waals surface area contributed by atoms with Crippen molar-refractivity contribution in [1.82, 2.24) is 5.32 Å². The molecule has 0 aromatic rings. The summed E-state index contributed by atoms with van der Waals surface area (Å²) in [5, 5.41) is 3.57. The molecule has 162 valence electrons. The van der Waals surface area contributed by atoms with Crippen LogP contribution in [0.15, 0.2) is 0 Å². The molecule has 2 atom stereocenters. The van der Waals surface area contributed by atoms with E-state index in [9.17, 15) is 0 Å². The summed E-state index contributed by atoms with van der Waals surface area (Å²) in [7, 11) is 4.96. The van der Waals surface area contributed by atoms with Crippen LogP contribution >= 0.6 is 0 Å². The molecular formula is C25H53N2+. The predicted octanol–water partition coefficient (Wildman–Crippen LogP) is 6.93. The van der Waals surface area contributed by atoms with E-state index in [1.54, 1.807) is 0 Å². The lowest BCUT2D eigenvalue weighted by atomic mass is 9.93. The zero-order valence-corrected chi connectivity index (χ0v) is 19.5. The molecule has 2 nitrogen and oxygen atoms in total. The minimum absolute atomic E-state index is 0.849. The van der Waals surface area contributed by atoms with E-state index < -0.39 is 0 Å². The SMILES string of the molecule is CCCCCCCCCCCCCCCC[N+](C)(C)C(CC)C1CCNC1. The molecule has 1 aliphatic heterocycles. The summed E-state index contributed by atoms with van der Waals surface area (Å²) >= 11 is 0. The summed E-state index contributed by atoms with van der Waals surface area (Å²) in [5.41, 5.74) is 0. The highest BCUT2D eigenvalue weighted by atomic mass is 15.3. The number of nitrogens with zero attached hydrogens (tertiary/aromatic N) is 1. The van der Waals surface area contributed by atoms with Crippen molar-refractivity contribution in [1.29, 1.82) is 0 Å². The van der Waals surface area contributed by atoms with Gasteiger partial charge in [-0.1, -0.05) is 90.9 Å². The molecule has 0 amide bonds. The van der Waals surface area contributed by atoms with Gasteiger partial charge in [0.1, 0.15) is 0 Å². The monoisotopic (exact) mass is 381 g/mol. The van der Waals surface area contributed by atoms with Gasteiger partial charge in [0.2, 0.25) is 0 Å². The number of nitrogens with one attached hydrogen (secondary N) is 1. The van der Waals surface area contributed by atoms with Crippen molar-refractivity contribution in [3.05, 3.63) is 0 Å². The second kappa shape index (κ2) is 15.8. The number of rotatable bonds is 18. The van der Waals surface area contributed by atoms with Gasteiger partial charge in [0.15, 0.2) is 0 Å². The largest absolute Gasteiger partial charge is 0.326 e. The van der Waals surface area contributed by atoms with E-state index in [-0.39, 0.29) is 0 Å². The summed E-state index contributed by atoms with van der Waals surface area (Å²) in [6.07, 6.45) is 23.1. The summed E-state index contributed by atoms with van der Waals surface area (Å²) in [6.45, 7) is 8.55. The molecule has 1 fully saturated rings. The zero-order valence-electron chi connectivity index (χ0n) is 19.5. The van der Waals surface area contributed by atoms with Gasteiger partial charge in [-0.25, -0.2) is 0 Å². The molecule has 0 aliphatic carbocycles. The molecule has 0 bridgehead atoms. The van der Waals surface area contributed by atoms with Crippen LogP contribution < -0.4 is 5.32 Å². The van der Waals surface area contributed by atoms with E-state index in [2.05, 4.69) is 33.3 Å². The first-order valence-electron chi connectivity index (χ1n) is 12.6. The third-order valence-corrected chi connectivity index (χ3v) is 7.05. The van der Waals surface area contributed by atoms with Crippen molar-refractivity contribution in [2.24, 2.45) is 5.92 Å². The molecule has 1 N–H and O–H groups in total. The first-order chi connectivity index (χ1) is 13.1. The summed E-state index contributed by atoms with van der Waals surface area (Å²) < 4.78 is 1.24. The Kier molecular flexibility index (Phi) is 14.6. The second-order valence-electron chi connectivity index (χ2n) is 9.83. The first-order valence-corrected chi connectivity index (χ1v) is 12.6. The minimum atomic E-state index is 0.849. The smallest absolute Gasteiger partial charge is 0.0924 e. The van der Waals surface area contributed by atoms with Gasteiger partial charge >= 0.3 is 0 Å². The van der Waals surface area contributed by atoms with Gasteiger partial charge in [0.05, 0.1) is 26.7 Å². The van der Waals surface area contributed by atoms with Crippen molar-refractivity contribution in [3.63, 3.8) is 0 Å². The highest BCUT2D eigenvalue weighted by Crippen LogP contribution is 2.25. The summed E-state index contributed by atoms with van der Waals surface area (Å²) in [6, 6.07) is 0.849. The van der Waals surface area contributed by atoms with Gasteiger partial charge in [-0.05, 0) is 32.2 Å². The quantitative estimate of drug-likeness (QED) is 0.200. The van der Waals surface area contributed by atoms with Crippen LogP contribution in [0.2, 0.25) is 0 Å². The normalized spacial score (nSPS) is 18.9. The molecule has 1 aliphatic rings. The Bertz CT molecular complexity index is 320. The Labute approximate surface area is 172 Å². The number of quaternary nitrogens is 1. The van der Waals surface area contributed by atoms with Crippen LogP contribution in [0.4, 0.5) is 0 Å². The lowest BCUT2D eigenvalue weighted by Gasteiger charge is -2.41. The van der Waals surface area contributed by atoms with Crippen molar-refractivity contribution >= 4 is 0 Å². The Morgan fingerprint density at radius 2 is 1.22 bits per heavy atom. The molecule has 27 heavy (non-hydrogen) atoms. The van der Waals surface area contributed by atoms with Crippen molar-refractivity contribution < 1.29 is 4.48 Å². The number of hydrogen-bond acceptors (Lipinski definition) is 1. The highest BCUT2D eigenvalue weighted by molar-refractivity contribution is 4.78. The molecular weight excluding hydrogens is 328 g/mol. The van der Waals surface area contributed by atoms with E-state index in [1.807, 2.05) is 0 Å². The summed E-state index contributed by atoms with van der Waals surface area (Å²) in [5.74, 6) is 0.900. The maximum atomic E-state index is 3.57. The van der Waals surface area contributed by atoms with Crippen molar-refractivity contribution in [2.75, 3.05) is 33.7 Å². The van der Waals surface area contributed by atoms with Gasteiger partial charge in [0.25, 0.3) is 0 Å². The van der Waals surface area contributed by atoms with Crippen LogP contribution in [0.25, 0.3) is 0 Å². The van der Waals surface area contributed by atoms with Crippen LogP contribution in [-0.4, -0.2) is 44.3 Å². The van der Waals surface area contributed by atoms with Crippen LogP contribution in [-0.2, 0) is 0 Å². The maximum absolute atomic E-state index is 3.57. The molecule has 0 aromatic heterocycles. The van der Waals surface area contributed by atoms with Crippen LogP contribution in [0.5, 0.6) is 0 Å². The fourth-order valence-corrected chi connectivity index (χ4v) is 5.28. The van der Waals surface area contributed by atoms with Gasteiger partial charge in [-0.3, -0.25) is 0 Å². The Hall–Kier alpha value is -0.0800. The summed E-state index contributed by atoms with van der Waals surface area (Å²) in [4.78, 5) is 0. The van der Waals surface area contributed by atoms with E-state index in [1.165, 1.54) is 127 Å². The van der Waals surface area contributed by atoms with E-state index in [0.29, 0.717) is 0 Å². The van der Waals surface area contributed by atoms with E-state index in [4.69, 9.17) is 0 Å². The molecule has 1 rings (SSSR count). The average Bonchev–Trinajstić information content (AvgIpc) is 3.16. The van der Waals surface area contributed by atoms with Crippen molar-refractivity contribution in [3.8, 4) is 0 Å². The lowest BCUT2D eigenvalue weighted by Crippen LogP contribution is -2.53. The topological polar surface area (TPSA) is 12.0 Å². The van der Waals surface area contributed by atoms with Crippen molar-refractivity contribution in [2.45, 2.75) is 123 Å². The molecule has 1 saturated heterocycles. The predicted molar refractivity (Wildman–Crippen MR) is 122 cm³/mol. The fraction of sp³-hybridized carbons (Fsp3) is 1.00. The third kappa shape index (κ3) is 11.5. The number of hydrogen-bond donors (Lipinski definition) is 1. The van der Waals surface area contributed by atoms with E-state index >= 15 is 0 Å². The molecule has 1 heterocycles. The number of unbranched alkanes of at least 4 members (excludes halogenated alkanes) is 13. The maximum Gasteiger partial charge on any atom is 0.0924 e. The molecule has 0 saturated carbocycles.